The molecule has 5 nitrogen and oxygen atoms in total. The molecule has 5 heteroatoms. The summed E-state index contributed by atoms with van der Waals surface area (Å²) < 4.78 is 4.99. The molecule has 2 rings (SSSR count). The molecule has 0 bridgehead atoms. The molecule has 1 saturated heterocycles. The number of nitrogens with zero attached hydrogens (tertiary/aromatic N) is 2. The molecule has 0 atom stereocenters. The van der Waals surface area contributed by atoms with E-state index in [1.165, 1.54) is 0 Å². The van der Waals surface area contributed by atoms with Crippen molar-refractivity contribution in [3.05, 3.63) is 29.8 Å². The Bertz CT molecular complexity index is 411. The van der Waals surface area contributed by atoms with Gasteiger partial charge in [-0.15, -0.1) is 0 Å². The monoisotopic (exact) mass is 264 g/mol. The van der Waals surface area contributed by atoms with Gasteiger partial charge in [0.05, 0.1) is 13.2 Å². The van der Waals surface area contributed by atoms with Crippen molar-refractivity contribution in [2.75, 3.05) is 37.7 Å². The number of ether oxygens (including phenoxy) is 1. The number of aliphatic hydroxyl groups excluding tert-OH is 1. The number of anilines is 1. The van der Waals surface area contributed by atoms with E-state index in [1.807, 2.05) is 31.2 Å². The maximum absolute atomic E-state index is 11.6. The number of rotatable bonds is 3. The third-order valence-corrected chi connectivity index (χ3v) is 3.29. The minimum absolute atomic E-state index is 0.0664. The van der Waals surface area contributed by atoms with Crippen LogP contribution >= 0.6 is 0 Å². The van der Waals surface area contributed by atoms with Crippen LogP contribution in [0.5, 0.6) is 0 Å². The fourth-order valence-corrected chi connectivity index (χ4v) is 2.17. The zero-order valence-electron chi connectivity index (χ0n) is 11.2. The number of carbonyl (C=O) groups is 1. The predicted molar refractivity (Wildman–Crippen MR) is 73.2 cm³/mol. The standard InChI is InChI=1S/C14H20N2O3/c1-2-19-14(18)16-9-7-15(8-10-16)13-5-3-12(11-17)4-6-13/h3-6,17H,2,7-11H2,1H3. The highest BCUT2D eigenvalue weighted by molar-refractivity contribution is 5.68. The summed E-state index contributed by atoms with van der Waals surface area (Å²) in [6.45, 7) is 5.27. The van der Waals surface area contributed by atoms with Crippen LogP contribution in [0.3, 0.4) is 0 Å². The minimum Gasteiger partial charge on any atom is -0.450 e. The van der Waals surface area contributed by atoms with Crippen LogP contribution in [0.1, 0.15) is 12.5 Å². The van der Waals surface area contributed by atoms with Crippen molar-refractivity contribution in [2.24, 2.45) is 0 Å². The second-order valence-corrected chi connectivity index (χ2v) is 4.50. The molecule has 0 unspecified atom stereocenters. The van der Waals surface area contributed by atoms with Gasteiger partial charge in [0, 0.05) is 31.9 Å². The molecular weight excluding hydrogens is 244 g/mol. The Morgan fingerprint density at radius 3 is 2.37 bits per heavy atom. The van der Waals surface area contributed by atoms with Gasteiger partial charge in [-0.3, -0.25) is 0 Å². The molecule has 1 heterocycles. The molecule has 1 aromatic rings. The molecule has 0 spiro atoms. The number of piperazine rings is 1. The molecule has 1 N–H and O–H groups in total. The third kappa shape index (κ3) is 3.38. The van der Waals surface area contributed by atoms with Crippen LogP contribution < -0.4 is 4.90 Å². The van der Waals surface area contributed by atoms with Gasteiger partial charge < -0.3 is 19.6 Å². The summed E-state index contributed by atoms with van der Waals surface area (Å²) in [5.74, 6) is 0. The van der Waals surface area contributed by atoms with E-state index in [-0.39, 0.29) is 12.7 Å². The average molecular weight is 264 g/mol. The van der Waals surface area contributed by atoms with Crippen molar-refractivity contribution in [1.82, 2.24) is 4.90 Å². The largest absolute Gasteiger partial charge is 0.450 e. The van der Waals surface area contributed by atoms with E-state index in [1.54, 1.807) is 4.90 Å². The van der Waals surface area contributed by atoms with Crippen molar-refractivity contribution in [1.29, 1.82) is 0 Å². The van der Waals surface area contributed by atoms with Crippen molar-refractivity contribution >= 4 is 11.8 Å². The van der Waals surface area contributed by atoms with E-state index in [0.717, 1.165) is 24.3 Å². The number of carbonyl (C=O) groups excluding carboxylic acids is 1. The van der Waals surface area contributed by atoms with Crippen LogP contribution in [-0.4, -0.2) is 48.9 Å². The first-order valence-corrected chi connectivity index (χ1v) is 6.61. The third-order valence-electron chi connectivity index (χ3n) is 3.29. The lowest BCUT2D eigenvalue weighted by atomic mass is 10.2. The van der Waals surface area contributed by atoms with Gasteiger partial charge in [0.1, 0.15) is 0 Å². The van der Waals surface area contributed by atoms with Crippen LogP contribution in [0, 0.1) is 0 Å². The maximum atomic E-state index is 11.6. The molecule has 104 valence electrons. The number of benzene rings is 1. The van der Waals surface area contributed by atoms with Gasteiger partial charge in [0.2, 0.25) is 0 Å². The number of hydrogen-bond donors (Lipinski definition) is 1. The first kappa shape index (κ1) is 13.7. The van der Waals surface area contributed by atoms with Gasteiger partial charge in [-0.05, 0) is 24.6 Å². The second-order valence-electron chi connectivity index (χ2n) is 4.50. The molecule has 1 aliphatic heterocycles. The Labute approximate surface area is 113 Å². The molecule has 1 fully saturated rings. The first-order chi connectivity index (χ1) is 9.24. The van der Waals surface area contributed by atoms with E-state index in [4.69, 9.17) is 9.84 Å². The fourth-order valence-electron chi connectivity index (χ4n) is 2.17. The van der Waals surface area contributed by atoms with Gasteiger partial charge in [-0.25, -0.2) is 4.79 Å². The maximum Gasteiger partial charge on any atom is 0.409 e. The van der Waals surface area contributed by atoms with Gasteiger partial charge in [0.25, 0.3) is 0 Å². The summed E-state index contributed by atoms with van der Waals surface area (Å²) in [6, 6.07) is 7.86. The average Bonchev–Trinajstić information content (AvgIpc) is 2.48. The number of hydrogen-bond acceptors (Lipinski definition) is 4. The summed E-state index contributed by atoms with van der Waals surface area (Å²) in [5, 5.41) is 9.01. The van der Waals surface area contributed by atoms with Crippen molar-refractivity contribution in [3.8, 4) is 0 Å². The van der Waals surface area contributed by atoms with Crippen molar-refractivity contribution in [2.45, 2.75) is 13.5 Å². The molecule has 0 aliphatic carbocycles. The van der Waals surface area contributed by atoms with Crippen LogP contribution in [0.25, 0.3) is 0 Å². The Balaban J connectivity index is 1.90. The molecule has 1 amide bonds. The van der Waals surface area contributed by atoms with E-state index in [2.05, 4.69) is 4.90 Å². The van der Waals surface area contributed by atoms with Gasteiger partial charge in [0.15, 0.2) is 0 Å². The quantitative estimate of drug-likeness (QED) is 0.898. The van der Waals surface area contributed by atoms with Crippen LogP contribution in [0.4, 0.5) is 10.5 Å². The minimum atomic E-state index is -0.224. The van der Waals surface area contributed by atoms with Gasteiger partial charge >= 0.3 is 6.09 Å². The topological polar surface area (TPSA) is 53.0 Å². The van der Waals surface area contributed by atoms with Gasteiger partial charge in [-0.2, -0.15) is 0 Å². The lowest BCUT2D eigenvalue weighted by Crippen LogP contribution is -2.49. The lowest BCUT2D eigenvalue weighted by molar-refractivity contribution is 0.105. The molecule has 1 aromatic carbocycles. The molecular formula is C14H20N2O3. The highest BCUT2D eigenvalue weighted by Crippen LogP contribution is 2.17. The molecule has 1 aliphatic rings. The highest BCUT2D eigenvalue weighted by atomic mass is 16.6. The zero-order chi connectivity index (χ0) is 13.7. The number of amides is 1. The van der Waals surface area contributed by atoms with E-state index < -0.39 is 0 Å². The molecule has 0 saturated carbocycles. The fraction of sp³-hybridized carbons (Fsp3) is 0.500. The van der Waals surface area contributed by atoms with Gasteiger partial charge in [-0.1, -0.05) is 12.1 Å². The second kappa shape index (κ2) is 6.43. The normalized spacial score (nSPS) is 15.5. The van der Waals surface area contributed by atoms with Crippen LogP contribution in [0.15, 0.2) is 24.3 Å². The first-order valence-electron chi connectivity index (χ1n) is 6.61. The predicted octanol–water partition coefficient (Wildman–Crippen LogP) is 1.46. The van der Waals surface area contributed by atoms with E-state index in [0.29, 0.717) is 19.7 Å². The zero-order valence-corrected chi connectivity index (χ0v) is 11.2. The summed E-state index contributed by atoms with van der Waals surface area (Å²) >= 11 is 0. The van der Waals surface area contributed by atoms with Crippen molar-refractivity contribution in [3.63, 3.8) is 0 Å². The molecule has 0 radical (unpaired) electrons. The van der Waals surface area contributed by atoms with Crippen molar-refractivity contribution < 1.29 is 14.6 Å². The Hall–Kier alpha value is -1.75. The lowest BCUT2D eigenvalue weighted by Gasteiger charge is -2.35. The Kier molecular flexibility index (Phi) is 4.63. The highest BCUT2D eigenvalue weighted by Gasteiger charge is 2.21. The summed E-state index contributed by atoms with van der Waals surface area (Å²) in [7, 11) is 0. The van der Waals surface area contributed by atoms with Crippen LogP contribution in [0.2, 0.25) is 0 Å². The smallest absolute Gasteiger partial charge is 0.409 e. The summed E-state index contributed by atoms with van der Waals surface area (Å²) in [5.41, 5.74) is 2.04. The van der Waals surface area contributed by atoms with E-state index in [9.17, 15) is 4.79 Å². The Morgan fingerprint density at radius 1 is 1.21 bits per heavy atom. The van der Waals surface area contributed by atoms with Crippen LogP contribution in [-0.2, 0) is 11.3 Å². The Morgan fingerprint density at radius 2 is 1.84 bits per heavy atom. The molecule has 0 aromatic heterocycles. The number of aliphatic hydroxyl groups is 1. The SMILES string of the molecule is CCOC(=O)N1CCN(c2ccc(CO)cc2)CC1. The summed E-state index contributed by atoms with van der Waals surface area (Å²) in [4.78, 5) is 15.6. The van der Waals surface area contributed by atoms with E-state index >= 15 is 0 Å². The summed E-state index contributed by atoms with van der Waals surface area (Å²) in [6.07, 6.45) is -0.224. The molecule has 19 heavy (non-hydrogen) atoms.